The molecule has 348 valence electrons. The van der Waals surface area contributed by atoms with Crippen LogP contribution in [0, 0.1) is 0 Å². The molecule has 8 unspecified atom stereocenters. The van der Waals surface area contributed by atoms with Crippen LogP contribution in [-0.2, 0) is 18.4 Å². The molecule has 0 radical (unpaired) electrons. The van der Waals surface area contributed by atoms with Crippen molar-refractivity contribution < 1.29 is 59.0 Å². The number of aliphatic hydroxyl groups is 7. The van der Waals surface area contributed by atoms with Gasteiger partial charge in [0.1, 0.15) is 36.6 Å². The zero-order chi connectivity index (χ0) is 43.7. The number of rotatable bonds is 38. The number of unbranched alkanes of at least 4 members (excludes halogenated alkanes) is 23. The van der Waals surface area contributed by atoms with E-state index in [1.165, 1.54) is 122 Å². The maximum atomic E-state index is 13.0. The van der Waals surface area contributed by atoms with Gasteiger partial charge >= 0.3 is 7.82 Å². The summed E-state index contributed by atoms with van der Waals surface area (Å²) in [6.07, 6.45) is 24.2. The van der Waals surface area contributed by atoms with E-state index in [9.17, 15) is 50.0 Å². The first-order valence-electron chi connectivity index (χ1n) is 23.4. The molecule has 1 fully saturated rings. The number of phosphoric acid groups is 1. The Labute approximate surface area is 356 Å². The minimum Gasteiger partial charge on any atom is -0.393 e. The highest BCUT2D eigenvalue weighted by Gasteiger charge is 2.51. The number of aliphatic hydroxyl groups excluding tert-OH is 7. The van der Waals surface area contributed by atoms with Gasteiger partial charge in [-0.15, -0.1) is 0 Å². The molecule has 1 saturated carbocycles. The van der Waals surface area contributed by atoms with E-state index < -0.39 is 75.2 Å². The monoisotopic (exact) mass is 864 g/mol. The van der Waals surface area contributed by atoms with Gasteiger partial charge in [-0.05, 0) is 44.9 Å². The van der Waals surface area contributed by atoms with Crippen molar-refractivity contribution in [2.75, 3.05) is 6.61 Å². The van der Waals surface area contributed by atoms with Gasteiger partial charge in [0.25, 0.3) is 0 Å². The molecule has 8 atom stereocenters. The lowest BCUT2D eigenvalue weighted by Gasteiger charge is -2.41. The number of nitrogens with one attached hydrogen (secondary N) is 1. The van der Waals surface area contributed by atoms with E-state index in [1.807, 2.05) is 0 Å². The van der Waals surface area contributed by atoms with Gasteiger partial charge in [-0.1, -0.05) is 167 Å². The summed E-state index contributed by atoms with van der Waals surface area (Å²) in [5.74, 6) is -0.609. The summed E-state index contributed by atoms with van der Waals surface area (Å²) >= 11 is 0. The molecule has 0 aromatic heterocycles. The van der Waals surface area contributed by atoms with Gasteiger partial charge in [0.15, 0.2) is 0 Å². The quantitative estimate of drug-likeness (QED) is 0.0166. The van der Waals surface area contributed by atoms with Crippen molar-refractivity contribution in [2.24, 2.45) is 0 Å². The van der Waals surface area contributed by atoms with Crippen LogP contribution in [0.25, 0.3) is 0 Å². The van der Waals surface area contributed by atoms with Gasteiger partial charge in [0, 0.05) is 0 Å². The predicted octanol–water partition coefficient (Wildman–Crippen LogP) is 7.59. The topological polar surface area (TPSA) is 226 Å². The van der Waals surface area contributed by atoms with Gasteiger partial charge in [0.2, 0.25) is 5.91 Å². The molecule has 0 aliphatic heterocycles. The van der Waals surface area contributed by atoms with Crippen molar-refractivity contribution in [1.82, 2.24) is 5.32 Å². The molecule has 1 amide bonds. The molecule has 0 heterocycles. The van der Waals surface area contributed by atoms with E-state index in [-0.39, 0.29) is 6.42 Å². The van der Waals surface area contributed by atoms with Crippen molar-refractivity contribution in [3.05, 3.63) is 24.3 Å². The Kier molecular flexibility index (Phi) is 33.3. The molecule has 1 aliphatic rings. The third-order valence-corrected chi connectivity index (χ3v) is 12.3. The van der Waals surface area contributed by atoms with Crippen LogP contribution < -0.4 is 5.32 Å². The van der Waals surface area contributed by atoms with Gasteiger partial charge in [-0.3, -0.25) is 13.8 Å². The smallest absolute Gasteiger partial charge is 0.393 e. The van der Waals surface area contributed by atoms with Crippen LogP contribution in [0.4, 0.5) is 0 Å². The normalized spacial score (nSPS) is 23.8. The molecule has 59 heavy (non-hydrogen) atoms. The highest BCUT2D eigenvalue weighted by Crippen LogP contribution is 2.47. The molecule has 0 aromatic rings. The lowest BCUT2D eigenvalue weighted by Crippen LogP contribution is -2.64. The van der Waals surface area contributed by atoms with E-state index in [2.05, 4.69) is 31.3 Å². The van der Waals surface area contributed by atoms with Crippen LogP contribution >= 0.6 is 7.82 Å². The van der Waals surface area contributed by atoms with Gasteiger partial charge in [-0.2, -0.15) is 0 Å². The van der Waals surface area contributed by atoms with Crippen molar-refractivity contribution >= 4 is 13.7 Å². The Balaban J connectivity index is 2.56. The number of amides is 1. The summed E-state index contributed by atoms with van der Waals surface area (Å²) < 4.78 is 22.8. The third kappa shape index (κ3) is 27.5. The largest absolute Gasteiger partial charge is 0.472 e. The predicted molar refractivity (Wildman–Crippen MR) is 234 cm³/mol. The molecule has 1 rings (SSSR count). The molecule has 0 spiro atoms. The SMILES string of the molecule is CCCCCCCC/C=C\CCCC(O)CC(=O)NC(COP(=O)(O)OC1C(O)C(O)C(O)C(O)C1O)C(O)/C=C/CCCCCCCCCCCCCCCCCC. The molecule has 1 aliphatic carbocycles. The van der Waals surface area contributed by atoms with Gasteiger partial charge in [0.05, 0.1) is 31.3 Å². The molecule has 13 nitrogen and oxygen atoms in total. The van der Waals surface area contributed by atoms with Crippen molar-refractivity contribution in [3.8, 4) is 0 Å². The lowest BCUT2D eigenvalue weighted by molar-refractivity contribution is -0.220. The van der Waals surface area contributed by atoms with Crippen LogP contribution in [0.15, 0.2) is 24.3 Å². The Morgan fingerprint density at radius 1 is 0.593 bits per heavy atom. The van der Waals surface area contributed by atoms with E-state index in [1.54, 1.807) is 6.08 Å². The Morgan fingerprint density at radius 2 is 0.983 bits per heavy atom. The zero-order valence-corrected chi connectivity index (χ0v) is 37.6. The average molecular weight is 864 g/mol. The first-order valence-corrected chi connectivity index (χ1v) is 24.9. The maximum Gasteiger partial charge on any atom is 0.472 e. The fourth-order valence-electron chi connectivity index (χ4n) is 7.42. The highest BCUT2D eigenvalue weighted by atomic mass is 31.2. The number of hydrogen-bond acceptors (Lipinski definition) is 11. The minimum absolute atomic E-state index is 0.264. The maximum absolute atomic E-state index is 13.0. The fourth-order valence-corrected chi connectivity index (χ4v) is 8.38. The number of carbonyl (C=O) groups is 1. The van der Waals surface area contributed by atoms with E-state index in [4.69, 9.17) is 9.05 Å². The second kappa shape index (κ2) is 35.3. The van der Waals surface area contributed by atoms with Crippen molar-refractivity contribution in [3.63, 3.8) is 0 Å². The van der Waals surface area contributed by atoms with E-state index in [0.717, 1.165) is 38.5 Å². The summed E-state index contributed by atoms with van der Waals surface area (Å²) in [4.78, 5) is 23.4. The molecule has 0 bridgehead atoms. The van der Waals surface area contributed by atoms with Crippen molar-refractivity contribution in [1.29, 1.82) is 0 Å². The Bertz CT molecular complexity index is 1110. The molecule has 9 N–H and O–H groups in total. The van der Waals surface area contributed by atoms with E-state index >= 15 is 0 Å². The first kappa shape index (κ1) is 55.8. The second-order valence-electron chi connectivity index (χ2n) is 16.8. The zero-order valence-electron chi connectivity index (χ0n) is 36.7. The first-order chi connectivity index (χ1) is 28.3. The average Bonchev–Trinajstić information content (AvgIpc) is 3.21. The van der Waals surface area contributed by atoms with E-state index in [0.29, 0.717) is 19.3 Å². The Morgan fingerprint density at radius 3 is 1.44 bits per heavy atom. The number of hydrogen-bond donors (Lipinski definition) is 9. The standard InChI is InChI=1S/C45H86NO12P/c1-3-5-7-9-11-13-15-16-17-18-19-20-21-23-25-27-29-31-33-38(48)37(35-57-59(55,56)58-45-43(53)41(51)40(50)42(52)44(45)54)46-39(49)34-36(47)32-30-28-26-24-22-14-12-10-8-6-4-2/h24,26,31,33,36-38,40-45,47-48,50-54H,3-23,25,27-30,32,34-35H2,1-2H3,(H,46,49)(H,55,56)/b26-24-,33-31+. The number of phosphoric ester groups is 1. The molecular weight excluding hydrogens is 777 g/mol. The summed E-state index contributed by atoms with van der Waals surface area (Å²) in [5.41, 5.74) is 0. The fraction of sp³-hybridized carbons (Fsp3) is 0.889. The summed E-state index contributed by atoms with van der Waals surface area (Å²) in [6.45, 7) is 3.71. The molecular formula is C45H86NO12P. The molecule has 0 aromatic carbocycles. The van der Waals surface area contributed by atoms with Crippen molar-refractivity contribution in [2.45, 2.75) is 249 Å². The second-order valence-corrected chi connectivity index (χ2v) is 18.2. The lowest BCUT2D eigenvalue weighted by atomic mass is 9.85. The van der Waals surface area contributed by atoms with Crippen LogP contribution in [0.2, 0.25) is 0 Å². The summed E-state index contributed by atoms with van der Waals surface area (Å²) in [5, 5.41) is 74.4. The summed E-state index contributed by atoms with van der Waals surface area (Å²) in [6, 6.07) is -1.25. The van der Waals surface area contributed by atoms with Gasteiger partial charge in [-0.25, -0.2) is 4.57 Å². The van der Waals surface area contributed by atoms with Gasteiger partial charge < -0.3 is 46.0 Å². The number of carbonyl (C=O) groups excluding carboxylic acids is 1. The van der Waals surface area contributed by atoms with Crippen LogP contribution in [0.5, 0.6) is 0 Å². The number of allylic oxidation sites excluding steroid dienone is 3. The van der Waals surface area contributed by atoms with Crippen LogP contribution in [-0.4, -0.2) is 108 Å². The molecule has 0 saturated heterocycles. The summed E-state index contributed by atoms with van der Waals surface area (Å²) in [7, 11) is -5.14. The Hall–Kier alpha value is -1.22. The van der Waals surface area contributed by atoms with Crippen LogP contribution in [0.1, 0.15) is 194 Å². The highest BCUT2D eigenvalue weighted by molar-refractivity contribution is 7.47. The minimum atomic E-state index is -5.14. The molecule has 14 heteroatoms. The third-order valence-electron chi connectivity index (χ3n) is 11.3. The van der Waals surface area contributed by atoms with Crippen LogP contribution in [0.3, 0.4) is 0 Å².